The van der Waals surface area contributed by atoms with Crippen molar-refractivity contribution < 1.29 is 17.9 Å². The summed E-state index contributed by atoms with van der Waals surface area (Å²) in [6.07, 6.45) is 2.11. The van der Waals surface area contributed by atoms with Crippen molar-refractivity contribution in [2.24, 2.45) is 0 Å². The Morgan fingerprint density at radius 2 is 1.95 bits per heavy atom. The van der Waals surface area contributed by atoms with Crippen molar-refractivity contribution in [3.8, 4) is 11.3 Å². The summed E-state index contributed by atoms with van der Waals surface area (Å²) in [5.74, 6) is -0.380. The van der Waals surface area contributed by atoms with E-state index in [9.17, 15) is 8.78 Å². The highest BCUT2D eigenvalue weighted by atomic mass is 19.1. The summed E-state index contributed by atoms with van der Waals surface area (Å²) in [6.45, 7) is 2.02. The predicted octanol–water partition coefficient (Wildman–Crippen LogP) is 3.49. The van der Waals surface area contributed by atoms with Crippen LogP contribution in [0.5, 0.6) is 0 Å². The van der Waals surface area contributed by atoms with Gasteiger partial charge in [0.25, 0.3) is 0 Å². The number of ether oxygens (including phenoxy) is 1. The molecule has 1 fully saturated rings. The largest absolute Gasteiger partial charge is 0.460 e. The smallest absolute Gasteiger partial charge is 0.140 e. The third-order valence-corrected chi connectivity index (χ3v) is 3.60. The Bertz CT molecular complexity index is 586. The van der Waals surface area contributed by atoms with Crippen LogP contribution in [0.3, 0.4) is 0 Å². The van der Waals surface area contributed by atoms with Gasteiger partial charge >= 0.3 is 0 Å². The van der Waals surface area contributed by atoms with Crippen molar-refractivity contribution in [1.82, 2.24) is 5.32 Å². The fourth-order valence-electron chi connectivity index (χ4n) is 2.49. The van der Waals surface area contributed by atoms with E-state index in [-0.39, 0.29) is 11.3 Å². The van der Waals surface area contributed by atoms with E-state index in [4.69, 9.17) is 9.15 Å². The second-order valence-corrected chi connectivity index (χ2v) is 5.16. The fraction of sp³-hybridized carbons (Fsp3) is 0.375. The van der Waals surface area contributed by atoms with Crippen LogP contribution in [0.15, 0.2) is 34.7 Å². The lowest BCUT2D eigenvalue weighted by atomic mass is 10.1. The first-order valence-electron chi connectivity index (χ1n) is 7.08. The van der Waals surface area contributed by atoms with Gasteiger partial charge in [-0.25, -0.2) is 8.78 Å². The maximum Gasteiger partial charge on any atom is 0.140 e. The van der Waals surface area contributed by atoms with Crippen LogP contribution in [0.25, 0.3) is 11.3 Å². The molecular formula is C16H17F2NO2. The summed E-state index contributed by atoms with van der Waals surface area (Å²) < 4.78 is 38.3. The quantitative estimate of drug-likeness (QED) is 0.937. The molecule has 0 saturated carbocycles. The molecule has 1 aliphatic rings. The van der Waals surface area contributed by atoms with Crippen LogP contribution < -0.4 is 5.32 Å². The molecule has 0 radical (unpaired) electrons. The Balaban J connectivity index is 1.68. The van der Waals surface area contributed by atoms with Crippen LogP contribution in [-0.4, -0.2) is 19.3 Å². The standard InChI is InChI=1S/C16H17F2NO2/c17-13-4-1-5-14(18)16(13)15-7-6-12(21-15)9-19-11-3-2-8-20-10-11/h1,4-7,11,19H,2-3,8-10H2. The van der Waals surface area contributed by atoms with E-state index >= 15 is 0 Å². The van der Waals surface area contributed by atoms with Gasteiger partial charge in [-0.05, 0) is 37.1 Å². The molecule has 2 heterocycles. The molecule has 0 aliphatic carbocycles. The van der Waals surface area contributed by atoms with Gasteiger partial charge in [0, 0.05) is 12.6 Å². The minimum Gasteiger partial charge on any atom is -0.460 e. The number of halogens is 2. The normalized spacial score (nSPS) is 18.9. The fourth-order valence-corrected chi connectivity index (χ4v) is 2.49. The van der Waals surface area contributed by atoms with Crippen molar-refractivity contribution >= 4 is 0 Å². The second-order valence-electron chi connectivity index (χ2n) is 5.16. The van der Waals surface area contributed by atoms with Gasteiger partial charge in [-0.3, -0.25) is 0 Å². The van der Waals surface area contributed by atoms with Gasteiger partial charge in [0.2, 0.25) is 0 Å². The number of nitrogens with one attached hydrogen (secondary N) is 1. The average Bonchev–Trinajstić information content (AvgIpc) is 2.95. The minimum atomic E-state index is -0.621. The SMILES string of the molecule is Fc1cccc(F)c1-c1ccc(CNC2CCCOC2)o1. The Morgan fingerprint density at radius 1 is 1.14 bits per heavy atom. The Kier molecular flexibility index (Phi) is 4.31. The number of benzene rings is 1. The zero-order valence-corrected chi connectivity index (χ0v) is 11.6. The first-order valence-corrected chi connectivity index (χ1v) is 7.08. The Hall–Kier alpha value is -1.72. The number of hydrogen-bond donors (Lipinski definition) is 1. The molecule has 21 heavy (non-hydrogen) atoms. The molecule has 1 unspecified atom stereocenters. The molecule has 0 spiro atoms. The second kappa shape index (κ2) is 6.37. The topological polar surface area (TPSA) is 34.4 Å². The molecule has 1 aromatic carbocycles. The molecule has 1 N–H and O–H groups in total. The van der Waals surface area contributed by atoms with E-state index in [2.05, 4.69) is 5.32 Å². The predicted molar refractivity (Wildman–Crippen MR) is 74.7 cm³/mol. The molecule has 1 atom stereocenters. The highest BCUT2D eigenvalue weighted by molar-refractivity contribution is 5.59. The van der Waals surface area contributed by atoms with E-state index in [0.717, 1.165) is 19.4 Å². The maximum absolute atomic E-state index is 13.7. The van der Waals surface area contributed by atoms with E-state index in [0.29, 0.717) is 25.0 Å². The Morgan fingerprint density at radius 3 is 2.67 bits per heavy atom. The third kappa shape index (κ3) is 3.31. The summed E-state index contributed by atoms with van der Waals surface area (Å²) in [7, 11) is 0. The number of hydrogen-bond acceptors (Lipinski definition) is 3. The molecule has 1 saturated heterocycles. The first-order chi connectivity index (χ1) is 10.2. The summed E-state index contributed by atoms with van der Waals surface area (Å²) in [5, 5.41) is 3.33. The molecule has 0 bridgehead atoms. The van der Waals surface area contributed by atoms with E-state index < -0.39 is 11.6 Å². The van der Waals surface area contributed by atoms with E-state index in [1.54, 1.807) is 12.1 Å². The molecular weight excluding hydrogens is 276 g/mol. The summed E-state index contributed by atoms with van der Waals surface area (Å²) >= 11 is 0. The van der Waals surface area contributed by atoms with Gasteiger partial charge in [0.1, 0.15) is 23.2 Å². The minimum absolute atomic E-state index is 0.121. The molecule has 5 heteroatoms. The van der Waals surface area contributed by atoms with Gasteiger partial charge in [0.05, 0.1) is 18.7 Å². The zero-order valence-electron chi connectivity index (χ0n) is 11.6. The molecule has 1 aromatic heterocycles. The zero-order chi connectivity index (χ0) is 14.7. The maximum atomic E-state index is 13.7. The van der Waals surface area contributed by atoms with Crippen LogP contribution >= 0.6 is 0 Å². The van der Waals surface area contributed by atoms with Gasteiger partial charge < -0.3 is 14.5 Å². The number of furan rings is 1. The lowest BCUT2D eigenvalue weighted by Gasteiger charge is -2.22. The van der Waals surface area contributed by atoms with Gasteiger partial charge in [-0.15, -0.1) is 0 Å². The van der Waals surface area contributed by atoms with Crippen LogP contribution in [0.4, 0.5) is 8.78 Å². The monoisotopic (exact) mass is 293 g/mol. The third-order valence-electron chi connectivity index (χ3n) is 3.60. The van der Waals surface area contributed by atoms with Crippen LogP contribution in [0.1, 0.15) is 18.6 Å². The van der Waals surface area contributed by atoms with Crippen molar-refractivity contribution in [3.63, 3.8) is 0 Å². The highest BCUT2D eigenvalue weighted by Gasteiger charge is 2.16. The molecule has 112 valence electrons. The van der Waals surface area contributed by atoms with Crippen molar-refractivity contribution in [1.29, 1.82) is 0 Å². The summed E-state index contributed by atoms with van der Waals surface area (Å²) in [4.78, 5) is 0. The van der Waals surface area contributed by atoms with Crippen LogP contribution in [-0.2, 0) is 11.3 Å². The lowest BCUT2D eigenvalue weighted by Crippen LogP contribution is -2.36. The lowest BCUT2D eigenvalue weighted by molar-refractivity contribution is 0.0693. The van der Waals surface area contributed by atoms with Gasteiger partial charge in [0.15, 0.2) is 0 Å². The molecule has 3 rings (SSSR count). The van der Waals surface area contributed by atoms with E-state index in [1.807, 2.05) is 0 Å². The molecule has 2 aromatic rings. The van der Waals surface area contributed by atoms with Crippen LogP contribution in [0.2, 0.25) is 0 Å². The van der Waals surface area contributed by atoms with Crippen LogP contribution in [0, 0.1) is 11.6 Å². The average molecular weight is 293 g/mol. The molecule has 3 nitrogen and oxygen atoms in total. The van der Waals surface area contributed by atoms with Gasteiger partial charge in [-0.1, -0.05) is 6.07 Å². The number of rotatable bonds is 4. The van der Waals surface area contributed by atoms with Crippen molar-refractivity contribution in [3.05, 3.63) is 47.7 Å². The Labute approximate surface area is 121 Å². The molecule has 0 amide bonds. The molecule has 1 aliphatic heterocycles. The first kappa shape index (κ1) is 14.2. The summed E-state index contributed by atoms with van der Waals surface area (Å²) in [6, 6.07) is 7.41. The van der Waals surface area contributed by atoms with Gasteiger partial charge in [-0.2, -0.15) is 0 Å². The highest BCUT2D eigenvalue weighted by Crippen LogP contribution is 2.27. The summed E-state index contributed by atoms with van der Waals surface area (Å²) in [5.41, 5.74) is -0.121. The van der Waals surface area contributed by atoms with E-state index in [1.165, 1.54) is 18.2 Å². The van der Waals surface area contributed by atoms with Crippen molar-refractivity contribution in [2.75, 3.05) is 13.2 Å². The van der Waals surface area contributed by atoms with Crippen molar-refractivity contribution in [2.45, 2.75) is 25.4 Å².